The maximum absolute atomic E-state index is 12.3. The quantitative estimate of drug-likeness (QED) is 0.792. The molecule has 4 rings (SSSR count). The highest BCUT2D eigenvalue weighted by Gasteiger charge is 2.22. The Bertz CT molecular complexity index is 813. The van der Waals surface area contributed by atoms with Crippen LogP contribution >= 0.6 is 11.3 Å². The summed E-state index contributed by atoms with van der Waals surface area (Å²) in [5.41, 5.74) is 2.62. The standard InChI is InChI=1S/C15H15N3O2S/c19-15-13-12(1-5-16-15)18(11-2-6-20-7-3-11)17-14(13)10-4-8-21-9-10/h1,4-5,8-9,11H,2-3,6-7H2,(H,16,19). The fourth-order valence-corrected chi connectivity index (χ4v) is 3.55. The summed E-state index contributed by atoms with van der Waals surface area (Å²) < 4.78 is 7.44. The van der Waals surface area contributed by atoms with E-state index in [0.717, 1.165) is 42.8 Å². The van der Waals surface area contributed by atoms with Gasteiger partial charge in [-0.05, 0) is 30.4 Å². The fourth-order valence-electron chi connectivity index (χ4n) is 2.91. The van der Waals surface area contributed by atoms with E-state index in [0.29, 0.717) is 11.4 Å². The Labute approximate surface area is 125 Å². The zero-order valence-corrected chi connectivity index (χ0v) is 12.2. The van der Waals surface area contributed by atoms with Gasteiger partial charge in [-0.15, -0.1) is 0 Å². The van der Waals surface area contributed by atoms with Gasteiger partial charge < -0.3 is 9.72 Å². The normalized spacial score (nSPS) is 16.6. The number of hydrogen-bond donors (Lipinski definition) is 1. The number of aromatic amines is 1. The number of nitrogens with zero attached hydrogens (tertiary/aromatic N) is 2. The van der Waals surface area contributed by atoms with E-state index < -0.39 is 0 Å². The molecule has 0 bridgehead atoms. The number of fused-ring (bicyclic) bond motifs is 1. The molecular weight excluding hydrogens is 286 g/mol. The number of ether oxygens (including phenoxy) is 1. The van der Waals surface area contributed by atoms with Gasteiger partial charge in [-0.1, -0.05) is 0 Å². The molecule has 0 radical (unpaired) electrons. The Morgan fingerprint density at radius 1 is 1.33 bits per heavy atom. The van der Waals surface area contributed by atoms with Crippen molar-refractivity contribution in [3.05, 3.63) is 39.4 Å². The molecule has 3 aromatic heterocycles. The molecule has 1 saturated heterocycles. The lowest BCUT2D eigenvalue weighted by Crippen LogP contribution is -2.20. The molecule has 108 valence electrons. The summed E-state index contributed by atoms with van der Waals surface area (Å²) >= 11 is 1.61. The predicted molar refractivity (Wildman–Crippen MR) is 82.8 cm³/mol. The van der Waals surface area contributed by atoms with E-state index in [9.17, 15) is 4.79 Å². The molecule has 0 aromatic carbocycles. The summed E-state index contributed by atoms with van der Waals surface area (Å²) in [5, 5.41) is 9.48. The first-order valence-electron chi connectivity index (χ1n) is 7.05. The molecule has 0 atom stereocenters. The van der Waals surface area contributed by atoms with Gasteiger partial charge in [-0.2, -0.15) is 16.4 Å². The summed E-state index contributed by atoms with van der Waals surface area (Å²) in [5.74, 6) is 0. The number of nitrogens with one attached hydrogen (secondary N) is 1. The third-order valence-electron chi connectivity index (χ3n) is 3.96. The summed E-state index contributed by atoms with van der Waals surface area (Å²) in [7, 11) is 0. The minimum Gasteiger partial charge on any atom is -0.381 e. The van der Waals surface area contributed by atoms with Crippen LogP contribution in [0.1, 0.15) is 18.9 Å². The Balaban J connectivity index is 1.96. The zero-order valence-electron chi connectivity index (χ0n) is 11.4. The van der Waals surface area contributed by atoms with E-state index in [2.05, 4.69) is 4.98 Å². The summed E-state index contributed by atoms with van der Waals surface area (Å²) in [6.45, 7) is 1.51. The second-order valence-electron chi connectivity index (χ2n) is 5.22. The summed E-state index contributed by atoms with van der Waals surface area (Å²) in [4.78, 5) is 15.0. The third-order valence-corrected chi connectivity index (χ3v) is 4.64. The molecule has 1 aliphatic rings. The molecule has 1 aliphatic heterocycles. The van der Waals surface area contributed by atoms with Crippen molar-refractivity contribution in [2.75, 3.05) is 13.2 Å². The van der Waals surface area contributed by atoms with E-state index in [1.165, 1.54) is 0 Å². The Morgan fingerprint density at radius 2 is 2.19 bits per heavy atom. The highest BCUT2D eigenvalue weighted by molar-refractivity contribution is 7.08. The first-order chi connectivity index (χ1) is 10.3. The average Bonchev–Trinajstić information content (AvgIpc) is 3.16. The maximum Gasteiger partial charge on any atom is 0.259 e. The first kappa shape index (κ1) is 12.8. The molecule has 1 N–H and O–H groups in total. The van der Waals surface area contributed by atoms with E-state index in [-0.39, 0.29) is 5.56 Å². The monoisotopic (exact) mass is 301 g/mol. The number of aromatic nitrogens is 3. The van der Waals surface area contributed by atoms with Gasteiger partial charge in [0.05, 0.1) is 16.9 Å². The second-order valence-corrected chi connectivity index (χ2v) is 6.00. The molecule has 0 aliphatic carbocycles. The predicted octanol–water partition coefficient (Wildman–Crippen LogP) is 2.80. The van der Waals surface area contributed by atoms with E-state index >= 15 is 0 Å². The Morgan fingerprint density at radius 3 is 2.95 bits per heavy atom. The molecule has 0 saturated carbocycles. The molecule has 6 heteroatoms. The van der Waals surface area contributed by atoms with Gasteiger partial charge in [0.15, 0.2) is 0 Å². The number of H-pyrrole nitrogens is 1. The van der Waals surface area contributed by atoms with Crippen LogP contribution in [0, 0.1) is 0 Å². The fraction of sp³-hybridized carbons (Fsp3) is 0.333. The zero-order chi connectivity index (χ0) is 14.2. The van der Waals surface area contributed by atoms with Crippen molar-refractivity contribution in [3.8, 4) is 11.3 Å². The average molecular weight is 301 g/mol. The van der Waals surface area contributed by atoms with Crippen molar-refractivity contribution < 1.29 is 4.74 Å². The van der Waals surface area contributed by atoms with Crippen LogP contribution in [0.25, 0.3) is 22.2 Å². The van der Waals surface area contributed by atoms with Gasteiger partial charge in [0.25, 0.3) is 5.56 Å². The highest BCUT2D eigenvalue weighted by atomic mass is 32.1. The largest absolute Gasteiger partial charge is 0.381 e. The number of rotatable bonds is 2. The number of hydrogen-bond acceptors (Lipinski definition) is 4. The van der Waals surface area contributed by atoms with Crippen LogP contribution in [-0.2, 0) is 4.74 Å². The molecule has 0 amide bonds. The van der Waals surface area contributed by atoms with Crippen molar-refractivity contribution in [2.45, 2.75) is 18.9 Å². The van der Waals surface area contributed by atoms with Crippen molar-refractivity contribution in [1.82, 2.24) is 14.8 Å². The van der Waals surface area contributed by atoms with Crippen LogP contribution in [-0.4, -0.2) is 28.0 Å². The van der Waals surface area contributed by atoms with Crippen molar-refractivity contribution in [2.24, 2.45) is 0 Å². The first-order valence-corrected chi connectivity index (χ1v) is 7.99. The number of pyridine rings is 1. The van der Waals surface area contributed by atoms with Gasteiger partial charge in [0.2, 0.25) is 0 Å². The summed E-state index contributed by atoms with van der Waals surface area (Å²) in [6.07, 6.45) is 3.57. The van der Waals surface area contributed by atoms with Crippen LogP contribution in [0.15, 0.2) is 33.9 Å². The van der Waals surface area contributed by atoms with Gasteiger partial charge in [-0.3, -0.25) is 9.48 Å². The molecule has 0 unspecified atom stereocenters. The minimum absolute atomic E-state index is 0.0768. The molecule has 21 heavy (non-hydrogen) atoms. The molecule has 5 nitrogen and oxygen atoms in total. The van der Waals surface area contributed by atoms with E-state index in [1.807, 2.05) is 27.6 Å². The lowest BCUT2D eigenvalue weighted by molar-refractivity contribution is 0.0675. The van der Waals surface area contributed by atoms with Crippen LogP contribution in [0.3, 0.4) is 0 Å². The van der Waals surface area contributed by atoms with Crippen LogP contribution in [0.2, 0.25) is 0 Å². The Kier molecular flexibility index (Phi) is 3.12. The highest BCUT2D eigenvalue weighted by Crippen LogP contribution is 2.31. The van der Waals surface area contributed by atoms with Gasteiger partial charge in [0, 0.05) is 30.4 Å². The van der Waals surface area contributed by atoms with Crippen LogP contribution in [0.5, 0.6) is 0 Å². The lowest BCUT2D eigenvalue weighted by Gasteiger charge is -2.23. The molecule has 1 fully saturated rings. The smallest absolute Gasteiger partial charge is 0.259 e. The SMILES string of the molecule is O=c1[nH]ccc2c1c(-c1ccsc1)nn2C1CCOCC1. The Hall–Kier alpha value is -1.92. The van der Waals surface area contributed by atoms with Crippen molar-refractivity contribution >= 4 is 22.2 Å². The topological polar surface area (TPSA) is 59.9 Å². The molecular formula is C15H15N3O2S. The van der Waals surface area contributed by atoms with Crippen molar-refractivity contribution in [3.63, 3.8) is 0 Å². The van der Waals surface area contributed by atoms with Gasteiger partial charge >= 0.3 is 0 Å². The molecule has 4 heterocycles. The van der Waals surface area contributed by atoms with Crippen molar-refractivity contribution in [1.29, 1.82) is 0 Å². The maximum atomic E-state index is 12.3. The van der Waals surface area contributed by atoms with Gasteiger partial charge in [-0.25, -0.2) is 0 Å². The molecule has 3 aromatic rings. The van der Waals surface area contributed by atoms with Gasteiger partial charge in [0.1, 0.15) is 5.69 Å². The third kappa shape index (κ3) is 2.11. The van der Waals surface area contributed by atoms with Crippen LogP contribution < -0.4 is 5.56 Å². The summed E-state index contributed by atoms with van der Waals surface area (Å²) in [6, 6.07) is 4.25. The minimum atomic E-state index is -0.0768. The lowest BCUT2D eigenvalue weighted by atomic mass is 10.1. The second kappa shape index (κ2) is 5.13. The number of thiophene rings is 1. The van der Waals surface area contributed by atoms with E-state index in [4.69, 9.17) is 9.84 Å². The van der Waals surface area contributed by atoms with Crippen LogP contribution in [0.4, 0.5) is 0 Å². The van der Waals surface area contributed by atoms with E-state index in [1.54, 1.807) is 17.5 Å². The molecule has 0 spiro atoms.